The molecule has 0 unspecified atom stereocenters. The molecule has 2 aromatic heterocycles. The normalized spacial score (nSPS) is 11.4. The van der Waals surface area contributed by atoms with E-state index in [0.717, 1.165) is 11.1 Å². The van der Waals surface area contributed by atoms with Crippen LogP contribution in [0.25, 0.3) is 11.3 Å². The SMILES string of the molecule is CNc1ncc(C(=O)Nc2cccc([C@H](C)Nc3cncc(-c4ccc(O)c(OC)c4)n3)c2)cn1. The van der Waals surface area contributed by atoms with E-state index in [1.807, 2.05) is 31.2 Å². The van der Waals surface area contributed by atoms with E-state index in [-0.39, 0.29) is 17.7 Å². The third-order valence-corrected chi connectivity index (χ3v) is 5.26. The van der Waals surface area contributed by atoms with E-state index < -0.39 is 0 Å². The van der Waals surface area contributed by atoms with Crippen LogP contribution >= 0.6 is 0 Å². The summed E-state index contributed by atoms with van der Waals surface area (Å²) in [5, 5.41) is 18.9. The van der Waals surface area contributed by atoms with Crippen LogP contribution in [0.2, 0.25) is 0 Å². The summed E-state index contributed by atoms with van der Waals surface area (Å²) in [6.07, 6.45) is 6.22. The molecule has 0 spiro atoms. The predicted octanol–water partition coefficient (Wildman–Crippen LogP) is 4.11. The Morgan fingerprint density at radius 1 is 1.06 bits per heavy atom. The van der Waals surface area contributed by atoms with E-state index in [1.54, 1.807) is 37.6 Å². The lowest BCUT2D eigenvalue weighted by atomic mass is 10.1. The first-order valence-electron chi connectivity index (χ1n) is 10.8. The lowest BCUT2D eigenvalue weighted by molar-refractivity contribution is 0.102. The zero-order chi connectivity index (χ0) is 24.8. The lowest BCUT2D eigenvalue weighted by Gasteiger charge is -2.16. The first kappa shape index (κ1) is 23.4. The summed E-state index contributed by atoms with van der Waals surface area (Å²) in [5.74, 6) is 1.15. The highest BCUT2D eigenvalue weighted by Gasteiger charge is 2.12. The highest BCUT2D eigenvalue weighted by molar-refractivity contribution is 6.03. The molecule has 0 saturated carbocycles. The number of nitrogens with zero attached hydrogens (tertiary/aromatic N) is 4. The Kier molecular flexibility index (Phi) is 7.01. The molecule has 1 atom stereocenters. The quantitative estimate of drug-likeness (QED) is 0.299. The van der Waals surface area contributed by atoms with Crippen molar-refractivity contribution in [3.8, 4) is 22.8 Å². The summed E-state index contributed by atoms with van der Waals surface area (Å²) < 4.78 is 5.18. The van der Waals surface area contributed by atoms with E-state index in [0.29, 0.717) is 34.5 Å². The van der Waals surface area contributed by atoms with Gasteiger partial charge in [0.2, 0.25) is 5.95 Å². The van der Waals surface area contributed by atoms with Gasteiger partial charge in [0.25, 0.3) is 5.91 Å². The van der Waals surface area contributed by atoms with Crippen molar-refractivity contribution in [3.63, 3.8) is 0 Å². The largest absolute Gasteiger partial charge is 0.504 e. The zero-order valence-corrected chi connectivity index (χ0v) is 19.5. The summed E-state index contributed by atoms with van der Waals surface area (Å²) in [7, 11) is 3.20. The van der Waals surface area contributed by atoms with Crippen LogP contribution in [-0.2, 0) is 0 Å². The van der Waals surface area contributed by atoms with Gasteiger partial charge in [0, 0.05) is 30.7 Å². The number of aromatic nitrogens is 4. The molecule has 0 saturated heterocycles. The summed E-state index contributed by atoms with van der Waals surface area (Å²) in [4.78, 5) is 29.6. The van der Waals surface area contributed by atoms with Crippen molar-refractivity contribution in [2.75, 3.05) is 30.1 Å². The fourth-order valence-electron chi connectivity index (χ4n) is 3.38. The van der Waals surface area contributed by atoms with Gasteiger partial charge in [-0.3, -0.25) is 9.78 Å². The van der Waals surface area contributed by atoms with Crippen molar-refractivity contribution in [2.45, 2.75) is 13.0 Å². The van der Waals surface area contributed by atoms with E-state index >= 15 is 0 Å². The van der Waals surface area contributed by atoms with Crippen LogP contribution < -0.4 is 20.7 Å². The maximum atomic E-state index is 12.6. The maximum absolute atomic E-state index is 12.6. The zero-order valence-electron chi connectivity index (χ0n) is 19.5. The third kappa shape index (κ3) is 5.61. The molecule has 2 heterocycles. The lowest BCUT2D eigenvalue weighted by Crippen LogP contribution is -2.14. The van der Waals surface area contributed by atoms with E-state index in [9.17, 15) is 9.90 Å². The number of aromatic hydroxyl groups is 1. The van der Waals surface area contributed by atoms with Gasteiger partial charge in [0.15, 0.2) is 11.5 Å². The number of phenolic OH excluding ortho intramolecular Hbond substituents is 1. The van der Waals surface area contributed by atoms with Gasteiger partial charge in [-0.05, 0) is 42.8 Å². The van der Waals surface area contributed by atoms with Gasteiger partial charge in [-0.1, -0.05) is 12.1 Å². The van der Waals surface area contributed by atoms with Crippen LogP contribution in [0.4, 0.5) is 17.5 Å². The number of carbonyl (C=O) groups is 1. The molecule has 0 aliphatic heterocycles. The van der Waals surface area contributed by atoms with Gasteiger partial charge < -0.3 is 25.8 Å². The Labute approximate surface area is 202 Å². The molecule has 35 heavy (non-hydrogen) atoms. The van der Waals surface area contributed by atoms with Gasteiger partial charge in [0.1, 0.15) is 5.82 Å². The van der Waals surface area contributed by atoms with E-state index in [4.69, 9.17) is 4.74 Å². The molecule has 10 nitrogen and oxygen atoms in total. The van der Waals surface area contributed by atoms with Crippen LogP contribution in [0, 0.1) is 0 Å². The van der Waals surface area contributed by atoms with Gasteiger partial charge in [-0.2, -0.15) is 0 Å². The molecule has 178 valence electrons. The van der Waals surface area contributed by atoms with Crippen molar-refractivity contribution >= 4 is 23.4 Å². The molecule has 0 fully saturated rings. The molecule has 0 bridgehead atoms. The molecule has 0 aliphatic rings. The van der Waals surface area contributed by atoms with Gasteiger partial charge in [-0.15, -0.1) is 0 Å². The average molecular weight is 472 g/mol. The molecular formula is C25H25N7O3. The van der Waals surface area contributed by atoms with E-state index in [1.165, 1.54) is 19.5 Å². The molecule has 0 radical (unpaired) electrons. The number of hydrogen-bond donors (Lipinski definition) is 4. The topological polar surface area (TPSA) is 134 Å². The second-order valence-corrected chi connectivity index (χ2v) is 7.67. The van der Waals surface area contributed by atoms with E-state index in [2.05, 4.69) is 35.9 Å². The van der Waals surface area contributed by atoms with Gasteiger partial charge in [-0.25, -0.2) is 15.0 Å². The molecule has 0 aliphatic carbocycles. The molecule has 4 N–H and O–H groups in total. The fourth-order valence-corrected chi connectivity index (χ4v) is 3.38. The minimum absolute atomic E-state index is 0.0570. The number of nitrogens with one attached hydrogen (secondary N) is 3. The van der Waals surface area contributed by atoms with Crippen molar-refractivity contribution in [2.24, 2.45) is 0 Å². The first-order chi connectivity index (χ1) is 17.0. The van der Waals surface area contributed by atoms with Crippen molar-refractivity contribution in [1.82, 2.24) is 19.9 Å². The Hall–Kier alpha value is -4.73. The second-order valence-electron chi connectivity index (χ2n) is 7.67. The average Bonchev–Trinajstić information content (AvgIpc) is 2.89. The molecule has 1 amide bonds. The van der Waals surface area contributed by atoms with Crippen molar-refractivity contribution in [3.05, 3.63) is 78.4 Å². The number of carbonyl (C=O) groups excluding carboxylic acids is 1. The number of rotatable bonds is 8. The summed E-state index contributed by atoms with van der Waals surface area (Å²) >= 11 is 0. The van der Waals surface area contributed by atoms with Gasteiger partial charge >= 0.3 is 0 Å². The van der Waals surface area contributed by atoms with Crippen LogP contribution in [0.3, 0.4) is 0 Å². The molecule has 2 aromatic carbocycles. The summed E-state index contributed by atoms with van der Waals surface area (Å²) in [6, 6.07) is 12.4. The highest BCUT2D eigenvalue weighted by atomic mass is 16.5. The van der Waals surface area contributed by atoms with Crippen LogP contribution in [0.5, 0.6) is 11.5 Å². The molecule has 10 heteroatoms. The van der Waals surface area contributed by atoms with Crippen molar-refractivity contribution in [1.29, 1.82) is 0 Å². The highest BCUT2D eigenvalue weighted by Crippen LogP contribution is 2.31. The summed E-state index contributed by atoms with van der Waals surface area (Å²) in [5.41, 5.74) is 3.35. The Balaban J connectivity index is 1.47. The Morgan fingerprint density at radius 2 is 1.86 bits per heavy atom. The number of methoxy groups -OCH3 is 1. The number of benzene rings is 2. The monoisotopic (exact) mass is 471 g/mol. The number of phenols is 1. The maximum Gasteiger partial charge on any atom is 0.258 e. The van der Waals surface area contributed by atoms with Gasteiger partial charge in [0.05, 0.1) is 36.8 Å². The minimum Gasteiger partial charge on any atom is -0.504 e. The number of ether oxygens (including phenoxy) is 1. The molecule has 4 rings (SSSR count). The molecular weight excluding hydrogens is 446 g/mol. The predicted molar refractivity (Wildman–Crippen MR) is 134 cm³/mol. The van der Waals surface area contributed by atoms with Crippen molar-refractivity contribution < 1.29 is 14.6 Å². The molecule has 4 aromatic rings. The first-order valence-corrected chi connectivity index (χ1v) is 10.8. The number of anilines is 3. The fraction of sp³-hybridized carbons (Fsp3) is 0.160. The second kappa shape index (κ2) is 10.5. The summed E-state index contributed by atoms with van der Waals surface area (Å²) in [6.45, 7) is 1.99. The number of amides is 1. The standard InChI is InChI=1S/C25H25N7O3/c1-15(30-23-14-27-13-20(32-23)17-7-8-21(33)22(10-17)35-3)16-5-4-6-19(9-16)31-24(34)18-11-28-25(26-2)29-12-18/h4-15,33H,1-3H3,(H,30,32)(H,31,34)(H,26,28,29)/t15-/m0/s1. The minimum atomic E-state index is -0.298. The Bertz CT molecular complexity index is 1330. The smallest absolute Gasteiger partial charge is 0.258 e. The van der Waals surface area contributed by atoms with Crippen LogP contribution in [-0.4, -0.2) is 45.1 Å². The van der Waals surface area contributed by atoms with Crippen LogP contribution in [0.1, 0.15) is 28.9 Å². The van der Waals surface area contributed by atoms with Crippen LogP contribution in [0.15, 0.2) is 67.3 Å². The number of hydrogen-bond acceptors (Lipinski definition) is 9. The Morgan fingerprint density at radius 3 is 2.60 bits per heavy atom. The third-order valence-electron chi connectivity index (χ3n) is 5.26.